The van der Waals surface area contributed by atoms with E-state index in [0.29, 0.717) is 27.6 Å². The molecule has 0 saturated heterocycles. The maximum absolute atomic E-state index is 12.4. The fraction of sp³-hybridized carbons (Fsp3) is 0.120. The molecule has 0 radical (unpaired) electrons. The van der Waals surface area contributed by atoms with E-state index >= 15 is 0 Å². The highest BCUT2D eigenvalue weighted by Crippen LogP contribution is 2.28. The van der Waals surface area contributed by atoms with Crippen LogP contribution in [0.1, 0.15) is 26.3 Å². The molecule has 0 unspecified atom stereocenters. The van der Waals surface area contributed by atoms with Gasteiger partial charge < -0.3 is 19.5 Å². The molecule has 0 spiro atoms. The van der Waals surface area contributed by atoms with Crippen LogP contribution >= 0.6 is 23.2 Å². The predicted molar refractivity (Wildman–Crippen MR) is 135 cm³/mol. The minimum atomic E-state index is -0.562. The van der Waals surface area contributed by atoms with Crippen LogP contribution in [-0.4, -0.2) is 44.8 Å². The number of ether oxygens (including phenoxy) is 3. The largest absolute Gasteiger partial charge is 0.497 e. The van der Waals surface area contributed by atoms with Gasteiger partial charge in [-0.3, -0.25) is 9.59 Å². The number of amides is 2. The van der Waals surface area contributed by atoms with Crippen molar-refractivity contribution in [3.8, 4) is 17.2 Å². The lowest BCUT2D eigenvalue weighted by atomic mass is 10.2. The lowest BCUT2D eigenvalue weighted by Crippen LogP contribution is -2.34. The number of hydrogen-bond acceptors (Lipinski definition) is 7. The van der Waals surface area contributed by atoms with Crippen LogP contribution in [-0.2, 0) is 4.79 Å². The molecule has 2 N–H and O–H groups in total. The summed E-state index contributed by atoms with van der Waals surface area (Å²) in [6, 6.07) is 15.6. The first-order valence-corrected chi connectivity index (χ1v) is 11.2. The first-order valence-electron chi connectivity index (χ1n) is 10.4. The highest BCUT2D eigenvalue weighted by molar-refractivity contribution is 6.42. The van der Waals surface area contributed by atoms with E-state index in [-0.39, 0.29) is 22.9 Å². The first kappa shape index (κ1) is 26.5. The normalized spacial score (nSPS) is 10.6. The number of esters is 1. The second kappa shape index (κ2) is 12.6. The van der Waals surface area contributed by atoms with E-state index in [1.165, 1.54) is 38.6 Å². The van der Waals surface area contributed by atoms with E-state index in [4.69, 9.17) is 37.4 Å². The number of hydrazone groups is 1. The molecule has 9 nitrogen and oxygen atoms in total. The predicted octanol–water partition coefficient (Wildman–Crippen LogP) is 4.11. The molecule has 0 aliphatic heterocycles. The number of rotatable bonds is 9. The van der Waals surface area contributed by atoms with Crippen LogP contribution in [0.25, 0.3) is 0 Å². The van der Waals surface area contributed by atoms with Crippen molar-refractivity contribution in [1.82, 2.24) is 10.7 Å². The van der Waals surface area contributed by atoms with Crippen molar-refractivity contribution < 1.29 is 28.6 Å². The van der Waals surface area contributed by atoms with Gasteiger partial charge in [0.1, 0.15) is 5.75 Å². The molecule has 3 aromatic rings. The summed E-state index contributed by atoms with van der Waals surface area (Å²) >= 11 is 11.7. The molecule has 0 heterocycles. The Kier molecular flexibility index (Phi) is 9.26. The topological polar surface area (TPSA) is 115 Å². The summed E-state index contributed by atoms with van der Waals surface area (Å²) < 4.78 is 15.8. The number of hydrogen-bond donors (Lipinski definition) is 2. The van der Waals surface area contributed by atoms with Crippen LogP contribution in [0.3, 0.4) is 0 Å². The Hall–Kier alpha value is -4.08. The molecular formula is C25H21Cl2N3O6. The van der Waals surface area contributed by atoms with E-state index in [1.54, 1.807) is 42.5 Å². The molecule has 3 rings (SSSR count). The average Bonchev–Trinajstić information content (AvgIpc) is 2.89. The Balaban J connectivity index is 1.54. The zero-order chi connectivity index (χ0) is 26.1. The molecule has 186 valence electrons. The molecular weight excluding hydrogens is 509 g/mol. The van der Waals surface area contributed by atoms with Gasteiger partial charge in [-0.1, -0.05) is 23.2 Å². The van der Waals surface area contributed by atoms with Crippen molar-refractivity contribution >= 4 is 47.2 Å². The Labute approximate surface area is 216 Å². The number of halogens is 2. The van der Waals surface area contributed by atoms with Gasteiger partial charge >= 0.3 is 5.97 Å². The molecule has 3 aromatic carbocycles. The summed E-state index contributed by atoms with van der Waals surface area (Å²) in [7, 11) is 2.96. The van der Waals surface area contributed by atoms with Crippen LogP contribution in [0.4, 0.5) is 0 Å². The van der Waals surface area contributed by atoms with Gasteiger partial charge in [-0.15, -0.1) is 0 Å². The van der Waals surface area contributed by atoms with Crippen molar-refractivity contribution in [3.05, 3.63) is 87.4 Å². The lowest BCUT2D eigenvalue weighted by molar-refractivity contribution is -0.120. The Morgan fingerprint density at radius 1 is 0.861 bits per heavy atom. The molecule has 0 aromatic heterocycles. The molecule has 0 aliphatic rings. The van der Waals surface area contributed by atoms with E-state index in [9.17, 15) is 14.4 Å². The van der Waals surface area contributed by atoms with Gasteiger partial charge in [0.2, 0.25) is 0 Å². The zero-order valence-corrected chi connectivity index (χ0v) is 20.7. The quantitative estimate of drug-likeness (QED) is 0.186. The Morgan fingerprint density at radius 3 is 2.25 bits per heavy atom. The summed E-state index contributed by atoms with van der Waals surface area (Å²) in [6.45, 7) is -0.306. The number of nitrogens with one attached hydrogen (secondary N) is 2. The van der Waals surface area contributed by atoms with E-state index < -0.39 is 17.8 Å². The minimum absolute atomic E-state index is 0.213. The molecule has 0 saturated carbocycles. The molecule has 0 atom stereocenters. The Morgan fingerprint density at radius 2 is 1.58 bits per heavy atom. The van der Waals surface area contributed by atoms with Gasteiger partial charge in [-0.25, -0.2) is 10.2 Å². The first-order chi connectivity index (χ1) is 17.3. The lowest BCUT2D eigenvalue weighted by Gasteiger charge is -2.10. The number of carbonyl (C=O) groups is 3. The second-order valence-electron chi connectivity index (χ2n) is 7.13. The third kappa shape index (κ3) is 7.21. The van der Waals surface area contributed by atoms with Gasteiger partial charge in [0, 0.05) is 5.56 Å². The summed E-state index contributed by atoms with van der Waals surface area (Å²) in [4.78, 5) is 36.5. The van der Waals surface area contributed by atoms with Gasteiger partial charge in [0.15, 0.2) is 11.5 Å². The smallest absolute Gasteiger partial charge is 0.343 e. The standard InChI is InChI=1S/C25H21Cl2N3O6/c1-34-18-7-4-16(5-8-18)25(33)36-21-10-3-15(11-22(21)35-2)13-29-30-23(31)14-28-24(32)17-6-9-19(26)20(27)12-17/h3-13H,14H2,1-2H3,(H,28,32)(H,30,31)/b29-13+. The van der Waals surface area contributed by atoms with E-state index in [0.717, 1.165) is 0 Å². The van der Waals surface area contributed by atoms with Crippen molar-refractivity contribution in [2.24, 2.45) is 5.10 Å². The van der Waals surface area contributed by atoms with Crippen LogP contribution in [0.2, 0.25) is 10.0 Å². The maximum atomic E-state index is 12.4. The van der Waals surface area contributed by atoms with Crippen LogP contribution in [0.5, 0.6) is 17.2 Å². The number of nitrogens with zero attached hydrogens (tertiary/aromatic N) is 1. The SMILES string of the molecule is COc1ccc(C(=O)Oc2ccc(/C=N/NC(=O)CNC(=O)c3ccc(Cl)c(Cl)c3)cc2OC)cc1. The summed E-state index contributed by atoms with van der Waals surface area (Å²) in [5.41, 5.74) is 3.48. The highest BCUT2D eigenvalue weighted by Gasteiger charge is 2.13. The molecule has 0 fully saturated rings. The van der Waals surface area contributed by atoms with E-state index in [1.807, 2.05) is 0 Å². The van der Waals surface area contributed by atoms with Crippen molar-refractivity contribution in [2.75, 3.05) is 20.8 Å². The highest BCUT2D eigenvalue weighted by atomic mass is 35.5. The fourth-order valence-electron chi connectivity index (χ4n) is 2.85. The fourth-order valence-corrected chi connectivity index (χ4v) is 3.15. The van der Waals surface area contributed by atoms with Crippen LogP contribution in [0.15, 0.2) is 65.8 Å². The van der Waals surface area contributed by atoms with Gasteiger partial charge in [-0.05, 0) is 66.2 Å². The number of benzene rings is 3. The third-order valence-electron chi connectivity index (χ3n) is 4.71. The maximum Gasteiger partial charge on any atom is 0.343 e. The number of methoxy groups -OCH3 is 2. The second-order valence-corrected chi connectivity index (χ2v) is 7.95. The molecule has 11 heteroatoms. The van der Waals surface area contributed by atoms with Crippen LogP contribution in [0, 0.1) is 0 Å². The average molecular weight is 530 g/mol. The summed E-state index contributed by atoms with van der Waals surface area (Å²) in [6.07, 6.45) is 1.37. The monoisotopic (exact) mass is 529 g/mol. The van der Waals surface area contributed by atoms with E-state index in [2.05, 4.69) is 15.8 Å². The van der Waals surface area contributed by atoms with Gasteiger partial charge in [-0.2, -0.15) is 5.10 Å². The van der Waals surface area contributed by atoms with Gasteiger partial charge in [0.25, 0.3) is 11.8 Å². The molecule has 0 bridgehead atoms. The summed E-state index contributed by atoms with van der Waals surface area (Å²) in [5.74, 6) is -0.472. The van der Waals surface area contributed by atoms with Gasteiger partial charge in [0.05, 0.1) is 42.6 Å². The number of carbonyl (C=O) groups excluding carboxylic acids is 3. The van der Waals surface area contributed by atoms with Crippen molar-refractivity contribution in [2.45, 2.75) is 0 Å². The molecule has 36 heavy (non-hydrogen) atoms. The molecule has 0 aliphatic carbocycles. The minimum Gasteiger partial charge on any atom is -0.497 e. The summed E-state index contributed by atoms with van der Waals surface area (Å²) in [5, 5.41) is 6.87. The zero-order valence-electron chi connectivity index (χ0n) is 19.2. The molecule has 2 amide bonds. The van der Waals surface area contributed by atoms with Crippen LogP contribution < -0.4 is 25.0 Å². The van der Waals surface area contributed by atoms with Crippen molar-refractivity contribution in [3.63, 3.8) is 0 Å². The van der Waals surface area contributed by atoms with Crippen molar-refractivity contribution in [1.29, 1.82) is 0 Å². The Bertz CT molecular complexity index is 1300. The third-order valence-corrected chi connectivity index (χ3v) is 5.45.